The smallest absolute Gasteiger partial charge is 0.0142 e. The van der Waals surface area contributed by atoms with E-state index in [4.69, 9.17) is 0 Å². The van der Waals surface area contributed by atoms with E-state index in [0.717, 1.165) is 6.42 Å². The van der Waals surface area contributed by atoms with Gasteiger partial charge in [0.05, 0.1) is 0 Å². The van der Waals surface area contributed by atoms with Crippen LogP contribution in [-0.2, 0) is 0 Å². The summed E-state index contributed by atoms with van der Waals surface area (Å²) in [5.41, 5.74) is 1.58. The largest absolute Gasteiger partial charge is 0.103 e. The molecule has 0 bridgehead atoms. The lowest BCUT2D eigenvalue weighted by molar-refractivity contribution is 0.671. The number of unbranched alkanes of at least 4 members (excludes halogenated alkanes) is 4. The minimum absolute atomic E-state index is 1.08. The van der Waals surface area contributed by atoms with Gasteiger partial charge < -0.3 is 0 Å². The van der Waals surface area contributed by atoms with Crippen molar-refractivity contribution in [1.29, 1.82) is 0 Å². The van der Waals surface area contributed by atoms with Crippen LogP contribution in [0, 0.1) is 0 Å². The van der Waals surface area contributed by atoms with Crippen molar-refractivity contribution >= 4 is 0 Å². The van der Waals surface area contributed by atoms with Crippen LogP contribution >= 0.6 is 0 Å². The zero-order valence-corrected chi connectivity index (χ0v) is 10.0. The van der Waals surface area contributed by atoms with E-state index in [-0.39, 0.29) is 0 Å². The van der Waals surface area contributed by atoms with Gasteiger partial charge in [0.1, 0.15) is 0 Å². The summed E-state index contributed by atoms with van der Waals surface area (Å²) >= 11 is 0. The van der Waals surface area contributed by atoms with Crippen molar-refractivity contribution in [3.63, 3.8) is 0 Å². The zero-order chi connectivity index (χ0) is 10.6. The molecule has 0 saturated carbocycles. The van der Waals surface area contributed by atoms with Crippen molar-refractivity contribution in [2.45, 2.75) is 65.2 Å². The molecule has 0 N–H and O–H groups in total. The molecule has 82 valence electrons. The predicted molar refractivity (Wildman–Crippen MR) is 66.6 cm³/mol. The predicted octanol–water partition coefficient (Wildman–Crippen LogP) is 5.26. The molecule has 0 amide bonds. The van der Waals surface area contributed by atoms with Crippen molar-refractivity contribution in [3.8, 4) is 0 Å². The molecule has 0 heterocycles. The number of rotatable bonds is 9. The molecule has 0 rings (SSSR count). The molecule has 0 aromatic carbocycles. The summed E-state index contributed by atoms with van der Waals surface area (Å²) in [5.74, 6) is 0. The second-order valence-electron chi connectivity index (χ2n) is 3.95. The molecule has 0 spiro atoms. The molecule has 0 atom stereocenters. The topological polar surface area (TPSA) is 0 Å². The van der Waals surface area contributed by atoms with Crippen LogP contribution in [0.25, 0.3) is 0 Å². The van der Waals surface area contributed by atoms with E-state index in [1.54, 1.807) is 5.57 Å². The number of hydrogen-bond acceptors (Lipinski definition) is 0. The van der Waals surface area contributed by atoms with Gasteiger partial charge in [-0.05, 0) is 25.7 Å². The molecule has 0 saturated heterocycles. The zero-order valence-electron chi connectivity index (χ0n) is 10.0. The molecule has 0 radical (unpaired) electrons. The van der Waals surface area contributed by atoms with Gasteiger partial charge in [-0.1, -0.05) is 57.3 Å². The Bertz CT molecular complexity index is 153. The maximum Gasteiger partial charge on any atom is -0.0142 e. The van der Waals surface area contributed by atoms with Crippen LogP contribution in [0.15, 0.2) is 24.3 Å². The van der Waals surface area contributed by atoms with Gasteiger partial charge in [-0.3, -0.25) is 0 Å². The molecule has 0 heteroatoms. The highest BCUT2D eigenvalue weighted by atomic mass is 14.0. The summed E-state index contributed by atoms with van der Waals surface area (Å²) < 4.78 is 0. The Morgan fingerprint density at radius 3 is 2.43 bits per heavy atom. The minimum Gasteiger partial charge on any atom is -0.103 e. The van der Waals surface area contributed by atoms with Crippen molar-refractivity contribution in [1.82, 2.24) is 0 Å². The first kappa shape index (κ1) is 13.5. The highest BCUT2D eigenvalue weighted by molar-refractivity contribution is 5.05. The molecule has 0 aromatic heterocycles. The Hall–Kier alpha value is -0.520. The molecule has 0 aliphatic heterocycles. The summed E-state index contributed by atoms with van der Waals surface area (Å²) in [6, 6.07) is 0. The van der Waals surface area contributed by atoms with Gasteiger partial charge in [0.2, 0.25) is 0 Å². The van der Waals surface area contributed by atoms with E-state index in [0.29, 0.717) is 0 Å². The molecule has 0 aliphatic rings. The van der Waals surface area contributed by atoms with Gasteiger partial charge in [0.15, 0.2) is 0 Å². The highest BCUT2D eigenvalue weighted by Gasteiger charge is 1.93. The van der Waals surface area contributed by atoms with E-state index in [1.807, 2.05) is 6.08 Å². The van der Waals surface area contributed by atoms with Gasteiger partial charge in [-0.25, -0.2) is 0 Å². The van der Waals surface area contributed by atoms with Crippen LogP contribution in [0.1, 0.15) is 65.2 Å². The first-order valence-corrected chi connectivity index (χ1v) is 6.13. The summed E-state index contributed by atoms with van der Waals surface area (Å²) in [6.07, 6.45) is 14.8. The molecule has 0 aromatic rings. The molecule has 0 unspecified atom stereocenters. The summed E-state index contributed by atoms with van der Waals surface area (Å²) in [4.78, 5) is 0. The lowest BCUT2D eigenvalue weighted by Gasteiger charge is -2.02. The Balaban J connectivity index is 3.61. The average molecular weight is 194 g/mol. The number of allylic oxidation sites excluding steroid dienone is 3. The van der Waals surface area contributed by atoms with Crippen molar-refractivity contribution in [2.75, 3.05) is 0 Å². The normalized spacial score (nSPS) is 11.7. The quantitative estimate of drug-likeness (QED) is 0.347. The fourth-order valence-corrected chi connectivity index (χ4v) is 1.67. The van der Waals surface area contributed by atoms with Crippen LogP contribution in [-0.4, -0.2) is 0 Å². The van der Waals surface area contributed by atoms with E-state index in [1.165, 1.54) is 44.9 Å². The Labute approximate surface area is 90.1 Å². The third kappa shape index (κ3) is 8.10. The standard InChI is InChI=1S/C14H26/c1-4-7-8-9-10-13-14(11-5-2)12-6-3/h5,13H,2,4,6-12H2,1,3H3/b14-13+. The maximum absolute atomic E-state index is 3.80. The third-order valence-electron chi connectivity index (χ3n) is 2.47. The Morgan fingerprint density at radius 2 is 1.86 bits per heavy atom. The van der Waals surface area contributed by atoms with E-state index >= 15 is 0 Å². The first-order valence-electron chi connectivity index (χ1n) is 6.13. The van der Waals surface area contributed by atoms with Crippen molar-refractivity contribution in [3.05, 3.63) is 24.3 Å². The SMILES string of the molecule is C=CC/C(=C\CCCCCC)CCC. The highest BCUT2D eigenvalue weighted by Crippen LogP contribution is 2.13. The van der Waals surface area contributed by atoms with Gasteiger partial charge in [-0.2, -0.15) is 0 Å². The lowest BCUT2D eigenvalue weighted by atomic mass is 10.0. The molecule has 0 fully saturated rings. The number of hydrogen-bond donors (Lipinski definition) is 0. The van der Waals surface area contributed by atoms with Gasteiger partial charge in [0, 0.05) is 0 Å². The molecular formula is C14H26. The summed E-state index contributed by atoms with van der Waals surface area (Å²) in [5, 5.41) is 0. The summed E-state index contributed by atoms with van der Waals surface area (Å²) in [7, 11) is 0. The van der Waals surface area contributed by atoms with Crippen LogP contribution in [0.4, 0.5) is 0 Å². The second kappa shape index (κ2) is 10.6. The van der Waals surface area contributed by atoms with Crippen molar-refractivity contribution in [2.24, 2.45) is 0 Å². The molecule has 0 aliphatic carbocycles. The van der Waals surface area contributed by atoms with Crippen molar-refractivity contribution < 1.29 is 0 Å². The van der Waals surface area contributed by atoms with Gasteiger partial charge in [0.25, 0.3) is 0 Å². The second-order valence-corrected chi connectivity index (χ2v) is 3.95. The monoisotopic (exact) mass is 194 g/mol. The average Bonchev–Trinajstić information content (AvgIpc) is 2.18. The van der Waals surface area contributed by atoms with Crippen LogP contribution in [0.5, 0.6) is 0 Å². The minimum atomic E-state index is 1.08. The molecule has 14 heavy (non-hydrogen) atoms. The fourth-order valence-electron chi connectivity index (χ4n) is 1.67. The Kier molecular flexibility index (Phi) is 10.2. The Morgan fingerprint density at radius 1 is 1.07 bits per heavy atom. The third-order valence-corrected chi connectivity index (χ3v) is 2.47. The van der Waals surface area contributed by atoms with Crippen LogP contribution in [0.3, 0.4) is 0 Å². The first-order chi connectivity index (χ1) is 6.85. The van der Waals surface area contributed by atoms with Crippen LogP contribution < -0.4 is 0 Å². The lowest BCUT2D eigenvalue weighted by Crippen LogP contribution is -1.82. The van der Waals surface area contributed by atoms with E-state index in [2.05, 4.69) is 26.5 Å². The molecular weight excluding hydrogens is 168 g/mol. The van der Waals surface area contributed by atoms with Crippen LogP contribution in [0.2, 0.25) is 0 Å². The van der Waals surface area contributed by atoms with Gasteiger partial charge >= 0.3 is 0 Å². The maximum atomic E-state index is 3.80. The van der Waals surface area contributed by atoms with E-state index in [9.17, 15) is 0 Å². The fraction of sp³-hybridized carbons (Fsp3) is 0.714. The summed E-state index contributed by atoms with van der Waals surface area (Å²) in [6.45, 7) is 8.30. The molecule has 0 nitrogen and oxygen atoms in total. The van der Waals surface area contributed by atoms with Gasteiger partial charge in [-0.15, -0.1) is 6.58 Å². The van der Waals surface area contributed by atoms with E-state index < -0.39 is 0 Å².